The average molecular weight is 1460 g/mol. The number of piperidine rings is 2. The van der Waals surface area contributed by atoms with Crippen molar-refractivity contribution >= 4 is 30.2 Å². The maximum atomic E-state index is 14.5. The number of amides is 3. The van der Waals surface area contributed by atoms with Crippen molar-refractivity contribution in [1.29, 1.82) is 0 Å². The van der Waals surface area contributed by atoms with Crippen LogP contribution in [0.3, 0.4) is 0 Å². The third-order valence-corrected chi connectivity index (χ3v) is 17.3. The van der Waals surface area contributed by atoms with Gasteiger partial charge in [0.15, 0.2) is 0 Å². The van der Waals surface area contributed by atoms with Gasteiger partial charge in [0.25, 0.3) is 0 Å². The fraction of sp³-hybridized carbons (Fsp3) is 0.438. The van der Waals surface area contributed by atoms with Gasteiger partial charge in [-0.2, -0.15) is 52.7 Å². The monoisotopic (exact) mass is 1460 g/mol. The van der Waals surface area contributed by atoms with Crippen LogP contribution < -0.4 is 5.32 Å². The van der Waals surface area contributed by atoms with Crippen LogP contribution in [0.25, 0.3) is 0 Å². The van der Waals surface area contributed by atoms with Crippen LogP contribution in [-0.2, 0) is 91.7 Å². The van der Waals surface area contributed by atoms with E-state index in [1.54, 1.807) is 149 Å². The molecule has 103 heavy (non-hydrogen) atoms. The smallest absolute Gasteiger partial charge is 0.416 e. The number of alkyl carbamates (subject to hydrolysis) is 1. The van der Waals surface area contributed by atoms with Crippen LogP contribution in [0.1, 0.15) is 155 Å². The number of carbonyl (C=O) groups is 5. The van der Waals surface area contributed by atoms with E-state index in [1.165, 1.54) is 25.7 Å². The minimum atomic E-state index is -5.10. The summed E-state index contributed by atoms with van der Waals surface area (Å²) in [5.74, 6) is -1.54. The SMILES string of the molecule is CCOC(=O)C[C@@H]1[C@@H](NC(=O)OC(C)(C)C)CC[C@@](CO[C@H](C)c2cc(C(F)(F)F)cc(C(F)(F)F)c2)(c2ccccc2)N1C(=O)OCc1ccccc1.CCOC(=O)C[C@@H]1[C@@H]([N+](=O)[O-])CC[C@@](CO[C@H](C)c2cc(C(F)(F)F)cc(C(F)(F)F)c2)(c2ccccc2)N1C(=O)OCc1ccccc1. The second-order valence-corrected chi connectivity index (χ2v) is 25.5. The Labute approximate surface area is 586 Å². The summed E-state index contributed by atoms with van der Waals surface area (Å²) < 4.78 is 204. The van der Waals surface area contributed by atoms with E-state index in [2.05, 4.69) is 5.32 Å². The van der Waals surface area contributed by atoms with E-state index in [0.717, 1.165) is 4.90 Å². The Kier molecular flexibility index (Phi) is 26.9. The molecule has 558 valence electrons. The molecule has 1 N–H and O–H groups in total. The third-order valence-electron chi connectivity index (χ3n) is 17.3. The highest BCUT2D eigenvalue weighted by atomic mass is 19.4. The Bertz CT molecular complexity index is 3760. The second-order valence-electron chi connectivity index (χ2n) is 25.5. The van der Waals surface area contributed by atoms with Crippen LogP contribution in [0, 0.1) is 10.1 Å². The highest BCUT2D eigenvalue weighted by molar-refractivity contribution is 5.76. The molecular weight excluding hydrogens is 1380 g/mol. The molecule has 0 aliphatic carbocycles. The Morgan fingerprint density at radius 1 is 0.515 bits per heavy atom. The Morgan fingerprint density at radius 2 is 0.854 bits per heavy atom. The molecule has 0 bridgehead atoms. The molecular formula is C73H78F12N4O14. The molecule has 2 fully saturated rings. The summed E-state index contributed by atoms with van der Waals surface area (Å²) in [6, 6.07) is 31.2. The predicted molar refractivity (Wildman–Crippen MR) is 347 cm³/mol. The van der Waals surface area contributed by atoms with Crippen molar-refractivity contribution in [3.05, 3.63) is 223 Å². The molecule has 0 spiro atoms. The third kappa shape index (κ3) is 21.6. The van der Waals surface area contributed by atoms with Gasteiger partial charge in [0.05, 0.1) is 96.9 Å². The molecule has 0 unspecified atom stereocenters. The molecule has 8 atom stereocenters. The molecule has 2 aliphatic rings. The number of halogens is 12. The Morgan fingerprint density at radius 3 is 1.19 bits per heavy atom. The number of hydrogen-bond acceptors (Lipinski definition) is 14. The Balaban J connectivity index is 0.000000290. The average Bonchev–Trinajstić information content (AvgIpc) is 0.745. The highest BCUT2D eigenvalue weighted by Gasteiger charge is 2.57. The standard InChI is InChI=1S/C39H44F6N2O7.C34H34F6N2O7/c1-6-51-33(48)22-32-31(46-34(49)54-36(3,4)5)17-18-37(28-15-11-8-12-16-28,47(32)35(50)52-23-26-13-9-7-10-14-26)24-53-25(2)27-19-29(38(40,41)42)21-30(20-27)39(43,44)45;1-3-47-30(43)19-29-28(42(45)46)14-15-32(25-12-8-5-9-13-25,41(29)31(44)48-20-23-10-6-4-7-11-23)21-49-22(2)24-16-26(33(35,36)37)18-27(17-24)34(38,39)40/h7-16,19-21,25,31-32H,6,17-18,22-24H2,1-5H3,(H,46,49);4-13,16-18,22,28-29H,3,14-15,19-21H2,1-2H3/t25-,31+,32-,37-;22-,28+,29-,32-/m11/s1. The fourth-order valence-corrected chi connectivity index (χ4v) is 12.4. The number of carbonyl (C=O) groups excluding carboxylic acids is 5. The maximum absolute atomic E-state index is 14.5. The number of benzene rings is 6. The zero-order valence-corrected chi connectivity index (χ0v) is 57.1. The van der Waals surface area contributed by atoms with E-state index in [4.69, 9.17) is 33.2 Å². The van der Waals surface area contributed by atoms with Gasteiger partial charge in [0, 0.05) is 11.3 Å². The lowest BCUT2D eigenvalue weighted by molar-refractivity contribution is -0.536. The predicted octanol–water partition coefficient (Wildman–Crippen LogP) is 17.4. The van der Waals surface area contributed by atoms with Gasteiger partial charge in [0.1, 0.15) is 24.9 Å². The number of nitro groups is 1. The lowest BCUT2D eigenvalue weighted by Crippen LogP contribution is -2.67. The molecule has 2 saturated heterocycles. The van der Waals surface area contributed by atoms with Gasteiger partial charge >= 0.3 is 54.9 Å². The number of nitrogens with zero attached hydrogens (tertiary/aromatic N) is 3. The van der Waals surface area contributed by atoms with Gasteiger partial charge in [0.2, 0.25) is 6.04 Å². The van der Waals surface area contributed by atoms with Crippen molar-refractivity contribution < 1.29 is 115 Å². The van der Waals surface area contributed by atoms with Gasteiger partial charge in [-0.15, -0.1) is 0 Å². The van der Waals surface area contributed by atoms with E-state index in [0.29, 0.717) is 46.5 Å². The Hall–Kier alpha value is -9.45. The largest absolute Gasteiger partial charge is 0.466 e. The summed E-state index contributed by atoms with van der Waals surface area (Å²) >= 11 is 0. The summed E-state index contributed by atoms with van der Waals surface area (Å²) in [6.07, 6.45) is -27.1. The van der Waals surface area contributed by atoms with Gasteiger partial charge in [-0.05, 0) is 138 Å². The van der Waals surface area contributed by atoms with Crippen LogP contribution >= 0.6 is 0 Å². The molecule has 2 heterocycles. The van der Waals surface area contributed by atoms with Crippen LogP contribution in [0.15, 0.2) is 158 Å². The van der Waals surface area contributed by atoms with E-state index >= 15 is 0 Å². The molecule has 3 amide bonds. The number of rotatable bonds is 22. The molecule has 18 nitrogen and oxygen atoms in total. The number of likely N-dealkylation sites (tertiary alicyclic amines) is 2. The number of esters is 2. The number of alkyl halides is 12. The van der Waals surface area contributed by atoms with Crippen molar-refractivity contribution in [3.63, 3.8) is 0 Å². The zero-order valence-electron chi connectivity index (χ0n) is 57.1. The first kappa shape index (κ1) is 80.9. The summed E-state index contributed by atoms with van der Waals surface area (Å²) in [5.41, 5.74) is -8.88. The van der Waals surface area contributed by atoms with Crippen molar-refractivity contribution in [2.45, 2.75) is 178 Å². The second kappa shape index (κ2) is 34.2. The minimum absolute atomic E-state index is 0.00498. The van der Waals surface area contributed by atoms with E-state index < -0.39 is 172 Å². The molecule has 30 heteroatoms. The molecule has 6 aromatic rings. The van der Waals surface area contributed by atoms with Crippen LogP contribution in [0.4, 0.5) is 67.1 Å². The van der Waals surface area contributed by atoms with Gasteiger partial charge in [-0.25, -0.2) is 14.4 Å². The first-order valence-corrected chi connectivity index (χ1v) is 32.7. The minimum Gasteiger partial charge on any atom is -0.466 e. The molecule has 0 saturated carbocycles. The van der Waals surface area contributed by atoms with Gasteiger partial charge < -0.3 is 38.5 Å². The van der Waals surface area contributed by atoms with E-state index in [1.807, 2.05) is 0 Å². The van der Waals surface area contributed by atoms with Crippen molar-refractivity contribution in [2.75, 3.05) is 26.4 Å². The van der Waals surface area contributed by atoms with E-state index in [9.17, 15) is 86.8 Å². The maximum Gasteiger partial charge on any atom is 0.416 e. The number of nitrogens with one attached hydrogen (secondary N) is 1. The normalized spacial score (nSPS) is 20.1. The molecule has 2 aliphatic heterocycles. The van der Waals surface area contributed by atoms with Crippen molar-refractivity contribution in [1.82, 2.24) is 15.1 Å². The van der Waals surface area contributed by atoms with Crippen molar-refractivity contribution in [2.24, 2.45) is 0 Å². The lowest BCUT2D eigenvalue weighted by Gasteiger charge is -2.53. The molecule has 8 rings (SSSR count). The fourth-order valence-electron chi connectivity index (χ4n) is 12.4. The summed E-state index contributed by atoms with van der Waals surface area (Å²) in [5, 5.41) is 15.1. The molecule has 0 radical (unpaired) electrons. The zero-order chi connectivity index (χ0) is 75.9. The summed E-state index contributed by atoms with van der Waals surface area (Å²) in [7, 11) is 0. The number of hydrogen-bond donors (Lipinski definition) is 1. The van der Waals surface area contributed by atoms with Crippen LogP contribution in [0.2, 0.25) is 0 Å². The summed E-state index contributed by atoms with van der Waals surface area (Å²) in [6.45, 7) is 9.20. The van der Waals surface area contributed by atoms with Crippen LogP contribution in [-0.4, -0.2) is 101 Å². The van der Waals surface area contributed by atoms with E-state index in [-0.39, 0.29) is 64.2 Å². The first-order valence-electron chi connectivity index (χ1n) is 32.7. The first-order chi connectivity index (χ1) is 48.3. The molecule has 6 aromatic carbocycles. The van der Waals surface area contributed by atoms with Crippen LogP contribution in [0.5, 0.6) is 0 Å². The van der Waals surface area contributed by atoms with Gasteiger partial charge in [-0.3, -0.25) is 29.5 Å². The summed E-state index contributed by atoms with van der Waals surface area (Å²) in [4.78, 5) is 81.8. The highest BCUT2D eigenvalue weighted by Crippen LogP contribution is 2.48. The molecule has 0 aromatic heterocycles. The van der Waals surface area contributed by atoms with Crippen molar-refractivity contribution in [3.8, 4) is 0 Å². The number of ether oxygens (including phenoxy) is 7. The van der Waals surface area contributed by atoms with Gasteiger partial charge in [-0.1, -0.05) is 121 Å². The quantitative estimate of drug-likeness (QED) is 0.0220. The lowest BCUT2D eigenvalue weighted by atomic mass is 9.76. The topological polar surface area (TPSA) is 212 Å².